The van der Waals surface area contributed by atoms with Gasteiger partial charge in [0.1, 0.15) is 18.2 Å². The molecule has 4 aromatic rings. The number of nitrogens with zero attached hydrogens (tertiary/aromatic N) is 1. The van der Waals surface area contributed by atoms with E-state index in [9.17, 15) is 4.39 Å². The maximum atomic E-state index is 13.6. The molecule has 30 heavy (non-hydrogen) atoms. The molecule has 3 nitrogen and oxygen atoms in total. The van der Waals surface area contributed by atoms with Crippen molar-refractivity contribution in [2.45, 2.75) is 25.9 Å². The molecule has 0 aliphatic carbocycles. The van der Waals surface area contributed by atoms with E-state index in [-0.39, 0.29) is 11.2 Å². The van der Waals surface area contributed by atoms with Crippen LogP contribution in [0.25, 0.3) is 16.6 Å². The molecule has 0 saturated carbocycles. The van der Waals surface area contributed by atoms with E-state index in [2.05, 4.69) is 42.7 Å². The highest BCUT2D eigenvalue weighted by Gasteiger charge is 2.27. The van der Waals surface area contributed by atoms with Crippen LogP contribution in [0.15, 0.2) is 78.9 Å². The first-order valence-electron chi connectivity index (χ1n) is 10.1. The van der Waals surface area contributed by atoms with Gasteiger partial charge in [-0.2, -0.15) is 0 Å². The number of hydrogen-bond acceptors (Lipinski definition) is 2. The van der Waals surface area contributed by atoms with Gasteiger partial charge in [-0.1, -0.05) is 50.2 Å². The molecule has 1 aromatic heterocycles. The van der Waals surface area contributed by atoms with Gasteiger partial charge < -0.3 is 14.0 Å². The molecule has 0 bridgehead atoms. The van der Waals surface area contributed by atoms with E-state index in [1.54, 1.807) is 19.2 Å². The molecule has 1 heterocycles. The summed E-state index contributed by atoms with van der Waals surface area (Å²) in [6.07, 6.45) is 0. The summed E-state index contributed by atoms with van der Waals surface area (Å²) in [5.74, 6) is 0.575. The molecule has 0 spiro atoms. The van der Waals surface area contributed by atoms with Crippen LogP contribution < -0.4 is 4.74 Å². The Hall–Kier alpha value is -3.11. The minimum Gasteiger partial charge on any atom is -0.488 e. The van der Waals surface area contributed by atoms with Crippen LogP contribution in [0, 0.1) is 5.82 Å². The predicted octanol–water partition coefficient (Wildman–Crippen LogP) is 6.27. The number of halogens is 1. The van der Waals surface area contributed by atoms with Crippen LogP contribution in [-0.4, -0.2) is 18.3 Å². The Morgan fingerprint density at radius 2 is 1.63 bits per heavy atom. The van der Waals surface area contributed by atoms with E-state index in [4.69, 9.17) is 9.47 Å². The van der Waals surface area contributed by atoms with Gasteiger partial charge in [-0.25, -0.2) is 4.39 Å². The van der Waals surface area contributed by atoms with Crippen molar-refractivity contribution in [2.24, 2.45) is 0 Å². The largest absolute Gasteiger partial charge is 0.488 e. The van der Waals surface area contributed by atoms with Crippen molar-refractivity contribution in [1.29, 1.82) is 0 Å². The Balaban J connectivity index is 1.84. The third-order valence-electron chi connectivity index (χ3n) is 5.33. The summed E-state index contributed by atoms with van der Waals surface area (Å²) in [6.45, 7) is 5.35. The smallest absolute Gasteiger partial charge is 0.129 e. The van der Waals surface area contributed by atoms with Crippen LogP contribution in [0.3, 0.4) is 0 Å². The number of aromatic nitrogens is 1. The summed E-state index contributed by atoms with van der Waals surface area (Å²) in [6, 6.07) is 24.9. The lowest BCUT2D eigenvalue weighted by Crippen LogP contribution is -2.26. The lowest BCUT2D eigenvalue weighted by molar-refractivity contribution is 0.144. The van der Waals surface area contributed by atoms with E-state index in [0.29, 0.717) is 13.2 Å². The maximum absolute atomic E-state index is 13.6. The van der Waals surface area contributed by atoms with Gasteiger partial charge in [0.2, 0.25) is 0 Å². The number of hydrogen-bond donors (Lipinski definition) is 0. The highest BCUT2D eigenvalue weighted by Crippen LogP contribution is 2.37. The second kappa shape index (κ2) is 8.33. The van der Waals surface area contributed by atoms with Crippen LogP contribution in [0.2, 0.25) is 0 Å². The highest BCUT2D eigenvalue weighted by atomic mass is 19.1. The van der Waals surface area contributed by atoms with Crippen LogP contribution in [-0.2, 0) is 16.8 Å². The number of fused-ring (bicyclic) bond motifs is 1. The SMILES string of the molecule is COCC(C)(C)c1cc2c(OCc3ccccc3)cccc2n1-c1ccc(F)cc1. The Kier molecular flexibility index (Phi) is 5.60. The Labute approximate surface area is 176 Å². The molecule has 0 amide bonds. The average Bonchev–Trinajstić information content (AvgIpc) is 3.15. The van der Waals surface area contributed by atoms with E-state index >= 15 is 0 Å². The molecule has 3 aromatic carbocycles. The molecule has 0 atom stereocenters. The monoisotopic (exact) mass is 403 g/mol. The molecule has 154 valence electrons. The molecule has 0 fully saturated rings. The van der Waals surface area contributed by atoms with Crippen molar-refractivity contribution in [3.8, 4) is 11.4 Å². The topological polar surface area (TPSA) is 23.4 Å². The van der Waals surface area contributed by atoms with Crippen molar-refractivity contribution in [3.05, 3.63) is 95.9 Å². The third kappa shape index (κ3) is 3.96. The Morgan fingerprint density at radius 1 is 0.900 bits per heavy atom. The van der Waals surface area contributed by atoms with Gasteiger partial charge in [0.05, 0.1) is 12.1 Å². The van der Waals surface area contributed by atoms with Crippen molar-refractivity contribution in [2.75, 3.05) is 13.7 Å². The van der Waals surface area contributed by atoms with Gasteiger partial charge in [0.15, 0.2) is 0 Å². The third-order valence-corrected chi connectivity index (χ3v) is 5.33. The molecule has 4 heteroatoms. The first-order chi connectivity index (χ1) is 14.5. The number of methoxy groups -OCH3 is 1. The molecule has 0 unspecified atom stereocenters. The molecular weight excluding hydrogens is 377 g/mol. The summed E-state index contributed by atoms with van der Waals surface area (Å²) in [4.78, 5) is 0. The second-order valence-electron chi connectivity index (χ2n) is 8.12. The Bertz CT molecular complexity index is 1130. The zero-order valence-corrected chi connectivity index (χ0v) is 17.6. The van der Waals surface area contributed by atoms with E-state index in [1.807, 2.05) is 30.3 Å². The minimum atomic E-state index is -0.251. The lowest BCUT2D eigenvalue weighted by Gasteiger charge is -2.26. The van der Waals surface area contributed by atoms with Crippen LogP contribution in [0.4, 0.5) is 4.39 Å². The first kappa shape index (κ1) is 20.2. The molecule has 0 radical (unpaired) electrons. The summed E-state index contributed by atoms with van der Waals surface area (Å²) >= 11 is 0. The fourth-order valence-corrected chi connectivity index (χ4v) is 3.87. The summed E-state index contributed by atoms with van der Waals surface area (Å²) in [7, 11) is 1.71. The van der Waals surface area contributed by atoms with Crippen molar-refractivity contribution < 1.29 is 13.9 Å². The fourth-order valence-electron chi connectivity index (χ4n) is 3.87. The molecule has 0 N–H and O–H groups in total. The van der Waals surface area contributed by atoms with Gasteiger partial charge in [0.25, 0.3) is 0 Å². The standard InChI is InChI=1S/C26H26FNO2/c1-26(2,18-29-3)25-16-22-23(28(25)21-14-12-20(27)13-15-21)10-7-11-24(22)30-17-19-8-5-4-6-9-19/h4-16H,17-18H2,1-3H3. The second-order valence-corrected chi connectivity index (χ2v) is 8.12. The predicted molar refractivity (Wildman–Crippen MR) is 119 cm³/mol. The number of rotatable bonds is 7. The minimum absolute atomic E-state index is 0.250. The van der Waals surface area contributed by atoms with Crippen LogP contribution >= 0.6 is 0 Å². The van der Waals surface area contributed by atoms with Crippen LogP contribution in [0.5, 0.6) is 5.75 Å². The van der Waals surface area contributed by atoms with E-state index in [1.165, 1.54) is 12.1 Å². The van der Waals surface area contributed by atoms with Crippen molar-refractivity contribution >= 4 is 10.9 Å². The van der Waals surface area contributed by atoms with Crippen LogP contribution in [0.1, 0.15) is 25.1 Å². The van der Waals surface area contributed by atoms with Gasteiger partial charge in [-0.05, 0) is 48.0 Å². The molecule has 0 saturated heterocycles. The zero-order chi connectivity index (χ0) is 21.1. The normalized spacial score (nSPS) is 11.7. The molecule has 0 aliphatic heterocycles. The van der Waals surface area contributed by atoms with Crippen molar-refractivity contribution in [1.82, 2.24) is 4.57 Å². The molecule has 4 rings (SSSR count). The number of benzene rings is 3. The van der Waals surface area contributed by atoms with Gasteiger partial charge in [-0.15, -0.1) is 0 Å². The summed E-state index contributed by atoms with van der Waals surface area (Å²) in [5, 5.41) is 1.02. The van der Waals surface area contributed by atoms with Gasteiger partial charge in [-0.3, -0.25) is 0 Å². The molecular formula is C26H26FNO2. The van der Waals surface area contributed by atoms with Gasteiger partial charge >= 0.3 is 0 Å². The van der Waals surface area contributed by atoms with E-state index in [0.717, 1.165) is 33.6 Å². The number of ether oxygens (including phenoxy) is 2. The lowest BCUT2D eigenvalue weighted by atomic mass is 9.90. The van der Waals surface area contributed by atoms with E-state index < -0.39 is 0 Å². The average molecular weight is 403 g/mol. The highest BCUT2D eigenvalue weighted by molar-refractivity contribution is 5.89. The molecule has 0 aliphatic rings. The maximum Gasteiger partial charge on any atom is 0.129 e. The van der Waals surface area contributed by atoms with Crippen molar-refractivity contribution in [3.63, 3.8) is 0 Å². The Morgan fingerprint density at radius 3 is 2.33 bits per heavy atom. The quantitative estimate of drug-likeness (QED) is 0.363. The van der Waals surface area contributed by atoms with Gasteiger partial charge in [0, 0.05) is 29.3 Å². The first-order valence-corrected chi connectivity index (χ1v) is 10.1. The fraction of sp³-hybridized carbons (Fsp3) is 0.231. The zero-order valence-electron chi connectivity index (χ0n) is 17.6. The summed E-state index contributed by atoms with van der Waals surface area (Å²) in [5.41, 5.74) is 3.88. The summed E-state index contributed by atoms with van der Waals surface area (Å²) < 4.78 is 27.4.